The van der Waals surface area contributed by atoms with Gasteiger partial charge in [0, 0.05) is 0 Å². The lowest BCUT2D eigenvalue weighted by Gasteiger charge is -2.22. The van der Waals surface area contributed by atoms with E-state index in [2.05, 4.69) is 4.74 Å². The fraction of sp³-hybridized carbons (Fsp3) is 0.667. The first-order chi connectivity index (χ1) is 5.34. The van der Waals surface area contributed by atoms with E-state index < -0.39 is 23.6 Å². The molecular weight excluding hydrogens is 168 g/mol. The number of esters is 1. The van der Waals surface area contributed by atoms with Gasteiger partial charge in [-0.2, -0.15) is 0 Å². The summed E-state index contributed by atoms with van der Waals surface area (Å²) in [5, 5.41) is 26.2. The molecular formula is C6H10O6. The number of carboxylic acids is 1. The Kier molecular flexibility index (Phi) is 3.17. The van der Waals surface area contributed by atoms with Crippen molar-refractivity contribution in [2.45, 2.75) is 18.6 Å². The Bertz CT molecular complexity index is 196. The number of carbonyl (C=O) groups is 2. The van der Waals surface area contributed by atoms with Gasteiger partial charge in [0.2, 0.25) is 0 Å². The van der Waals surface area contributed by atoms with Crippen LogP contribution in [-0.4, -0.2) is 46.1 Å². The molecule has 0 aromatic rings. The van der Waals surface area contributed by atoms with Crippen LogP contribution in [0.4, 0.5) is 0 Å². The molecule has 0 radical (unpaired) electrons. The second-order valence-corrected chi connectivity index (χ2v) is 2.38. The minimum Gasteiger partial charge on any atom is -0.479 e. The van der Waals surface area contributed by atoms with Crippen LogP contribution in [0.1, 0.15) is 6.92 Å². The van der Waals surface area contributed by atoms with Crippen molar-refractivity contribution in [2.75, 3.05) is 7.11 Å². The summed E-state index contributed by atoms with van der Waals surface area (Å²) in [6, 6.07) is 0. The van der Waals surface area contributed by atoms with Gasteiger partial charge in [-0.05, 0) is 6.92 Å². The molecule has 0 aliphatic rings. The monoisotopic (exact) mass is 178 g/mol. The van der Waals surface area contributed by atoms with Crippen LogP contribution in [0, 0.1) is 0 Å². The fourth-order valence-electron chi connectivity index (χ4n) is 0.559. The number of hydrogen-bond donors (Lipinski definition) is 3. The zero-order valence-corrected chi connectivity index (χ0v) is 6.64. The number of carbonyl (C=O) groups excluding carboxylic acids is 1. The largest absolute Gasteiger partial charge is 0.479 e. The van der Waals surface area contributed by atoms with Crippen molar-refractivity contribution >= 4 is 11.9 Å². The molecule has 0 aromatic carbocycles. The van der Waals surface area contributed by atoms with Gasteiger partial charge >= 0.3 is 11.9 Å². The molecule has 0 amide bonds. The van der Waals surface area contributed by atoms with E-state index in [0.717, 1.165) is 14.0 Å². The Morgan fingerprint density at radius 3 is 2.17 bits per heavy atom. The molecule has 6 heteroatoms. The normalized spacial score (nSPS) is 17.7. The van der Waals surface area contributed by atoms with Gasteiger partial charge in [0.05, 0.1) is 7.11 Å². The van der Waals surface area contributed by atoms with E-state index in [9.17, 15) is 9.59 Å². The first kappa shape index (κ1) is 10.9. The molecule has 3 N–H and O–H groups in total. The Morgan fingerprint density at radius 1 is 1.50 bits per heavy atom. The van der Waals surface area contributed by atoms with Gasteiger partial charge in [-0.15, -0.1) is 0 Å². The average Bonchev–Trinajstić information content (AvgIpc) is 2.01. The third-order valence-corrected chi connectivity index (χ3v) is 1.37. The van der Waals surface area contributed by atoms with E-state index >= 15 is 0 Å². The first-order valence-electron chi connectivity index (χ1n) is 3.05. The molecule has 0 bridgehead atoms. The molecule has 0 fully saturated rings. The van der Waals surface area contributed by atoms with Gasteiger partial charge in [-0.1, -0.05) is 0 Å². The van der Waals surface area contributed by atoms with Gasteiger partial charge in [-0.25, -0.2) is 9.59 Å². The highest BCUT2D eigenvalue weighted by Crippen LogP contribution is 2.11. The van der Waals surface area contributed by atoms with Crippen molar-refractivity contribution in [1.82, 2.24) is 0 Å². The zero-order valence-electron chi connectivity index (χ0n) is 6.64. The van der Waals surface area contributed by atoms with Crippen molar-refractivity contribution in [3.05, 3.63) is 0 Å². The maximum atomic E-state index is 10.7. The van der Waals surface area contributed by atoms with E-state index in [4.69, 9.17) is 15.3 Å². The molecule has 2 atom stereocenters. The van der Waals surface area contributed by atoms with Crippen LogP contribution in [0.15, 0.2) is 0 Å². The van der Waals surface area contributed by atoms with E-state index in [1.807, 2.05) is 0 Å². The van der Waals surface area contributed by atoms with Crippen LogP contribution in [0.5, 0.6) is 0 Å². The first-order valence-corrected chi connectivity index (χ1v) is 3.05. The third-order valence-electron chi connectivity index (χ3n) is 1.37. The number of hydrogen-bond acceptors (Lipinski definition) is 5. The summed E-state index contributed by atoms with van der Waals surface area (Å²) < 4.78 is 4.07. The van der Waals surface area contributed by atoms with E-state index in [0.29, 0.717) is 0 Å². The van der Waals surface area contributed by atoms with Gasteiger partial charge in [-0.3, -0.25) is 0 Å². The van der Waals surface area contributed by atoms with Crippen LogP contribution in [-0.2, 0) is 14.3 Å². The molecule has 6 nitrogen and oxygen atoms in total. The lowest BCUT2D eigenvalue weighted by atomic mass is 10.00. The summed E-state index contributed by atoms with van der Waals surface area (Å²) in [4.78, 5) is 20.8. The molecule has 12 heavy (non-hydrogen) atoms. The molecule has 2 unspecified atom stereocenters. The second-order valence-electron chi connectivity index (χ2n) is 2.38. The minimum atomic E-state index is -2.42. The number of aliphatic hydroxyl groups is 2. The molecule has 0 saturated heterocycles. The zero-order chi connectivity index (χ0) is 9.94. The maximum absolute atomic E-state index is 10.7. The summed E-state index contributed by atoms with van der Waals surface area (Å²) in [5.74, 6) is -2.89. The van der Waals surface area contributed by atoms with E-state index in [1.54, 1.807) is 0 Å². The highest BCUT2D eigenvalue weighted by molar-refractivity contribution is 5.87. The lowest BCUT2D eigenvalue weighted by Crippen LogP contribution is -2.51. The van der Waals surface area contributed by atoms with Crippen LogP contribution in [0.3, 0.4) is 0 Å². The number of carboxylic acid groups (broad SMARTS) is 1. The summed E-state index contributed by atoms with van der Waals surface area (Å²) in [5.41, 5.74) is -2.42. The highest BCUT2D eigenvalue weighted by atomic mass is 16.5. The quantitative estimate of drug-likeness (QED) is 0.447. The standard InChI is InChI=1S/C6H10O6/c1-6(11,5(10)12-2)3(7)4(8)9/h3,7,11H,1-2H3,(H,8,9). The van der Waals surface area contributed by atoms with Crippen LogP contribution < -0.4 is 0 Å². The summed E-state index contributed by atoms with van der Waals surface area (Å²) >= 11 is 0. The topological polar surface area (TPSA) is 104 Å². The van der Waals surface area contributed by atoms with Crippen molar-refractivity contribution in [1.29, 1.82) is 0 Å². The summed E-state index contributed by atoms with van der Waals surface area (Å²) in [7, 11) is 0.978. The molecule has 0 heterocycles. The van der Waals surface area contributed by atoms with Crippen molar-refractivity contribution < 1.29 is 29.6 Å². The van der Waals surface area contributed by atoms with E-state index in [1.165, 1.54) is 0 Å². The molecule has 70 valence electrons. The molecule has 0 saturated carbocycles. The van der Waals surface area contributed by atoms with E-state index in [-0.39, 0.29) is 0 Å². The van der Waals surface area contributed by atoms with Crippen molar-refractivity contribution in [2.24, 2.45) is 0 Å². The van der Waals surface area contributed by atoms with Crippen LogP contribution in [0.25, 0.3) is 0 Å². The number of aliphatic carboxylic acids is 1. The fourth-order valence-corrected chi connectivity index (χ4v) is 0.559. The SMILES string of the molecule is COC(=O)C(C)(O)C(O)C(=O)O. The molecule has 0 aliphatic heterocycles. The van der Waals surface area contributed by atoms with Crippen LogP contribution in [0.2, 0.25) is 0 Å². The lowest BCUT2D eigenvalue weighted by molar-refractivity contribution is -0.182. The Hall–Kier alpha value is -1.14. The number of rotatable bonds is 3. The van der Waals surface area contributed by atoms with Gasteiger partial charge in [0.25, 0.3) is 0 Å². The Balaban J connectivity index is 4.60. The van der Waals surface area contributed by atoms with Crippen molar-refractivity contribution in [3.8, 4) is 0 Å². The Labute approximate surface area is 68.4 Å². The molecule has 0 rings (SSSR count). The second kappa shape index (κ2) is 3.51. The van der Waals surface area contributed by atoms with Gasteiger partial charge in [0.1, 0.15) is 0 Å². The summed E-state index contributed by atoms with van der Waals surface area (Å²) in [6.07, 6.45) is -2.19. The number of ether oxygens (including phenoxy) is 1. The molecule has 0 aromatic heterocycles. The smallest absolute Gasteiger partial charge is 0.340 e. The predicted molar refractivity (Wildman–Crippen MR) is 36.3 cm³/mol. The minimum absolute atomic E-state index is 0.859. The molecule has 0 aliphatic carbocycles. The van der Waals surface area contributed by atoms with Crippen molar-refractivity contribution in [3.63, 3.8) is 0 Å². The van der Waals surface area contributed by atoms with Gasteiger partial charge in [0.15, 0.2) is 11.7 Å². The molecule has 0 spiro atoms. The predicted octanol–water partition coefficient (Wildman–Crippen LogP) is -1.64. The third kappa shape index (κ3) is 1.93. The highest BCUT2D eigenvalue weighted by Gasteiger charge is 2.44. The Morgan fingerprint density at radius 2 is 1.92 bits per heavy atom. The van der Waals surface area contributed by atoms with Crippen LogP contribution >= 0.6 is 0 Å². The average molecular weight is 178 g/mol. The summed E-state index contributed by atoms with van der Waals surface area (Å²) in [6.45, 7) is 0.859. The maximum Gasteiger partial charge on any atom is 0.340 e. The number of methoxy groups -OCH3 is 1. The number of aliphatic hydroxyl groups excluding tert-OH is 1. The van der Waals surface area contributed by atoms with Gasteiger partial charge < -0.3 is 20.1 Å².